The number of rotatable bonds is 5. The Balaban J connectivity index is 1.49. The van der Waals surface area contributed by atoms with E-state index in [1.807, 2.05) is 38.1 Å². The predicted molar refractivity (Wildman–Crippen MR) is 104 cm³/mol. The van der Waals surface area contributed by atoms with Crippen LogP contribution in [-0.4, -0.2) is 23.2 Å². The lowest BCUT2D eigenvalue weighted by molar-refractivity contribution is 0.0995. The van der Waals surface area contributed by atoms with Crippen LogP contribution in [0, 0.1) is 13.8 Å². The van der Waals surface area contributed by atoms with Crippen LogP contribution in [0.15, 0.2) is 51.5 Å². The fourth-order valence-electron chi connectivity index (χ4n) is 3.01. The van der Waals surface area contributed by atoms with Crippen molar-refractivity contribution in [3.05, 3.63) is 71.1 Å². The van der Waals surface area contributed by atoms with Crippen LogP contribution in [0.2, 0.25) is 0 Å². The molecule has 1 N–H and O–H groups in total. The zero-order valence-electron chi connectivity index (χ0n) is 15.8. The molecular formula is C21H19N3O4. The van der Waals surface area contributed by atoms with Crippen LogP contribution < -0.4 is 10.1 Å². The van der Waals surface area contributed by atoms with Crippen molar-refractivity contribution < 1.29 is 18.5 Å². The number of fused-ring (bicyclic) bond motifs is 1. The van der Waals surface area contributed by atoms with Gasteiger partial charge in [-0.2, -0.15) is 0 Å². The SMILES string of the molecule is COc1ccc2cc(NC(=O)c3ccc(Cc4c(C)noc4C)o3)cnc2c1. The summed E-state index contributed by atoms with van der Waals surface area (Å²) in [4.78, 5) is 16.9. The second-order valence-corrected chi connectivity index (χ2v) is 6.48. The average Bonchev–Trinajstić information content (AvgIpc) is 3.30. The van der Waals surface area contributed by atoms with Crippen LogP contribution in [0.3, 0.4) is 0 Å². The molecule has 0 aliphatic heterocycles. The maximum atomic E-state index is 12.5. The molecule has 0 saturated heterocycles. The molecule has 0 aliphatic carbocycles. The Kier molecular flexibility index (Phi) is 4.57. The van der Waals surface area contributed by atoms with Crippen molar-refractivity contribution in [1.29, 1.82) is 0 Å². The topological polar surface area (TPSA) is 90.4 Å². The minimum Gasteiger partial charge on any atom is -0.497 e. The van der Waals surface area contributed by atoms with Crippen molar-refractivity contribution in [2.45, 2.75) is 20.3 Å². The standard InChI is InChI=1S/C21H19N3O4/c1-12-18(13(2)28-24-12)9-17-6-7-20(27-17)21(25)23-15-8-14-4-5-16(26-3)10-19(14)22-11-15/h4-8,10-11H,9H2,1-3H3,(H,23,25). The molecule has 1 amide bonds. The Morgan fingerprint density at radius 1 is 1.18 bits per heavy atom. The number of carbonyl (C=O) groups excluding carboxylic acids is 1. The third-order valence-electron chi connectivity index (χ3n) is 4.57. The fourth-order valence-corrected chi connectivity index (χ4v) is 3.01. The zero-order chi connectivity index (χ0) is 19.7. The van der Waals surface area contributed by atoms with E-state index >= 15 is 0 Å². The first kappa shape index (κ1) is 17.8. The number of benzene rings is 1. The van der Waals surface area contributed by atoms with Gasteiger partial charge in [-0.3, -0.25) is 9.78 Å². The lowest BCUT2D eigenvalue weighted by Gasteiger charge is -2.06. The van der Waals surface area contributed by atoms with Gasteiger partial charge in [0.1, 0.15) is 17.3 Å². The van der Waals surface area contributed by atoms with E-state index in [9.17, 15) is 4.79 Å². The van der Waals surface area contributed by atoms with Crippen molar-refractivity contribution in [2.75, 3.05) is 12.4 Å². The number of furan rings is 1. The van der Waals surface area contributed by atoms with Crippen molar-refractivity contribution in [3.8, 4) is 5.75 Å². The molecular weight excluding hydrogens is 358 g/mol. The van der Waals surface area contributed by atoms with Gasteiger partial charge in [-0.05, 0) is 44.2 Å². The lowest BCUT2D eigenvalue weighted by Crippen LogP contribution is -2.11. The first-order chi connectivity index (χ1) is 13.5. The summed E-state index contributed by atoms with van der Waals surface area (Å²) in [7, 11) is 1.61. The van der Waals surface area contributed by atoms with Gasteiger partial charge < -0.3 is 19.0 Å². The summed E-state index contributed by atoms with van der Waals surface area (Å²) in [6.07, 6.45) is 2.13. The van der Waals surface area contributed by atoms with E-state index in [0.29, 0.717) is 17.9 Å². The first-order valence-electron chi connectivity index (χ1n) is 8.79. The fraction of sp³-hybridized carbons (Fsp3) is 0.190. The summed E-state index contributed by atoms with van der Waals surface area (Å²) in [5.41, 5.74) is 3.16. The first-order valence-corrected chi connectivity index (χ1v) is 8.79. The van der Waals surface area contributed by atoms with E-state index in [1.54, 1.807) is 25.4 Å². The van der Waals surface area contributed by atoms with Crippen LogP contribution in [0.4, 0.5) is 5.69 Å². The Morgan fingerprint density at radius 2 is 2.04 bits per heavy atom. The summed E-state index contributed by atoms with van der Waals surface area (Å²) in [5, 5.41) is 7.65. The van der Waals surface area contributed by atoms with Gasteiger partial charge in [0.2, 0.25) is 0 Å². The normalized spacial score (nSPS) is 11.0. The smallest absolute Gasteiger partial charge is 0.291 e. The number of anilines is 1. The minimum atomic E-state index is -0.334. The van der Waals surface area contributed by atoms with Crippen LogP contribution in [0.1, 0.15) is 33.3 Å². The second kappa shape index (κ2) is 7.19. The van der Waals surface area contributed by atoms with Crippen LogP contribution in [-0.2, 0) is 6.42 Å². The number of aromatic nitrogens is 2. The molecule has 7 heteroatoms. The highest BCUT2D eigenvalue weighted by Crippen LogP contribution is 2.23. The van der Waals surface area contributed by atoms with Crippen molar-refractivity contribution in [2.24, 2.45) is 0 Å². The third kappa shape index (κ3) is 3.46. The summed E-state index contributed by atoms with van der Waals surface area (Å²) in [6, 6.07) is 10.9. The molecule has 142 valence electrons. The molecule has 4 aromatic rings. The molecule has 0 fully saturated rings. The average molecular weight is 377 g/mol. The number of nitrogens with one attached hydrogen (secondary N) is 1. The number of hydrogen-bond acceptors (Lipinski definition) is 6. The molecule has 0 radical (unpaired) electrons. The number of carbonyl (C=O) groups is 1. The quantitative estimate of drug-likeness (QED) is 0.558. The highest BCUT2D eigenvalue weighted by atomic mass is 16.5. The zero-order valence-corrected chi connectivity index (χ0v) is 15.8. The Bertz CT molecular complexity index is 1140. The number of aryl methyl sites for hydroxylation is 2. The Hall–Kier alpha value is -3.61. The van der Waals surface area contributed by atoms with Crippen LogP contribution in [0.25, 0.3) is 10.9 Å². The van der Waals surface area contributed by atoms with Crippen molar-refractivity contribution >= 4 is 22.5 Å². The van der Waals surface area contributed by atoms with Gasteiger partial charge in [0, 0.05) is 23.4 Å². The summed E-state index contributed by atoms with van der Waals surface area (Å²) < 4.78 is 16.1. The van der Waals surface area contributed by atoms with Gasteiger partial charge in [-0.15, -0.1) is 0 Å². The van der Waals surface area contributed by atoms with Gasteiger partial charge in [-0.1, -0.05) is 5.16 Å². The predicted octanol–water partition coefficient (Wildman–Crippen LogP) is 4.28. The molecule has 3 aromatic heterocycles. The largest absolute Gasteiger partial charge is 0.497 e. The number of pyridine rings is 1. The Labute approximate surface area is 161 Å². The molecule has 0 saturated carbocycles. The summed E-state index contributed by atoms with van der Waals surface area (Å²) >= 11 is 0. The number of nitrogens with zero attached hydrogens (tertiary/aromatic N) is 2. The lowest BCUT2D eigenvalue weighted by atomic mass is 10.1. The monoisotopic (exact) mass is 377 g/mol. The number of methoxy groups -OCH3 is 1. The van der Waals surface area contributed by atoms with Gasteiger partial charge in [0.15, 0.2) is 5.76 Å². The molecule has 0 unspecified atom stereocenters. The molecule has 0 aliphatic rings. The van der Waals surface area contributed by atoms with Crippen LogP contribution in [0.5, 0.6) is 5.75 Å². The summed E-state index contributed by atoms with van der Waals surface area (Å²) in [6.45, 7) is 3.74. The third-order valence-corrected chi connectivity index (χ3v) is 4.57. The molecule has 28 heavy (non-hydrogen) atoms. The van der Waals surface area contributed by atoms with Crippen molar-refractivity contribution in [1.82, 2.24) is 10.1 Å². The van der Waals surface area contributed by atoms with Gasteiger partial charge in [0.25, 0.3) is 5.91 Å². The van der Waals surface area contributed by atoms with E-state index in [-0.39, 0.29) is 11.7 Å². The maximum Gasteiger partial charge on any atom is 0.291 e. The number of hydrogen-bond donors (Lipinski definition) is 1. The van der Waals surface area contributed by atoms with E-state index in [4.69, 9.17) is 13.7 Å². The molecule has 0 bridgehead atoms. The molecule has 7 nitrogen and oxygen atoms in total. The summed E-state index contributed by atoms with van der Waals surface area (Å²) in [5.74, 6) is 2.05. The molecule has 3 heterocycles. The van der Waals surface area contributed by atoms with Crippen LogP contribution >= 0.6 is 0 Å². The minimum absolute atomic E-state index is 0.233. The molecule has 4 rings (SSSR count). The van der Waals surface area contributed by atoms with E-state index < -0.39 is 0 Å². The van der Waals surface area contributed by atoms with E-state index in [2.05, 4.69) is 15.5 Å². The molecule has 0 spiro atoms. The van der Waals surface area contributed by atoms with Gasteiger partial charge in [-0.25, -0.2) is 0 Å². The second-order valence-electron chi connectivity index (χ2n) is 6.48. The Morgan fingerprint density at radius 3 is 2.79 bits per heavy atom. The van der Waals surface area contributed by atoms with E-state index in [1.165, 1.54) is 0 Å². The van der Waals surface area contributed by atoms with Gasteiger partial charge >= 0.3 is 0 Å². The van der Waals surface area contributed by atoms with Crippen molar-refractivity contribution in [3.63, 3.8) is 0 Å². The number of ether oxygens (including phenoxy) is 1. The van der Waals surface area contributed by atoms with E-state index in [0.717, 1.165) is 33.7 Å². The molecule has 1 aromatic carbocycles. The number of amides is 1. The highest BCUT2D eigenvalue weighted by molar-refractivity contribution is 6.03. The maximum absolute atomic E-state index is 12.5. The molecule has 0 atom stereocenters. The van der Waals surface area contributed by atoms with Gasteiger partial charge in [0.05, 0.1) is 30.2 Å². The highest BCUT2D eigenvalue weighted by Gasteiger charge is 2.15.